The highest BCUT2D eigenvalue weighted by Gasteiger charge is 2.31. The summed E-state index contributed by atoms with van der Waals surface area (Å²) in [6.07, 6.45) is 3.90. The maximum absolute atomic E-state index is 11.8. The summed E-state index contributed by atoms with van der Waals surface area (Å²) in [6, 6.07) is 18.2. The van der Waals surface area contributed by atoms with Gasteiger partial charge in [0.25, 0.3) is 5.24 Å². The van der Waals surface area contributed by atoms with Crippen LogP contribution in [0.25, 0.3) is 22.4 Å². The van der Waals surface area contributed by atoms with Crippen molar-refractivity contribution in [3.8, 4) is 11.5 Å². The number of aryl methyl sites for hydroxylation is 3. The minimum absolute atomic E-state index is 0.228. The van der Waals surface area contributed by atoms with Gasteiger partial charge in [-0.1, -0.05) is 42.1 Å². The van der Waals surface area contributed by atoms with Gasteiger partial charge < -0.3 is 4.42 Å². The van der Waals surface area contributed by atoms with Crippen LogP contribution in [-0.2, 0) is 24.1 Å². The highest BCUT2D eigenvalue weighted by atomic mass is 32.2. The number of fused-ring (bicyclic) bond motifs is 1. The minimum atomic E-state index is -0.382. The van der Waals surface area contributed by atoms with Crippen molar-refractivity contribution in [2.24, 2.45) is 0 Å². The number of amides is 2. The number of benzene rings is 2. The number of thioether (sulfide) groups is 1. The summed E-state index contributed by atoms with van der Waals surface area (Å²) in [4.78, 5) is 32.4. The molecule has 1 unspecified atom stereocenters. The van der Waals surface area contributed by atoms with Gasteiger partial charge in [-0.15, -0.1) is 0 Å². The molecule has 7 heteroatoms. The van der Waals surface area contributed by atoms with E-state index in [0.717, 1.165) is 58.1 Å². The predicted octanol–water partition coefficient (Wildman–Crippen LogP) is 4.88. The number of pyridine rings is 1. The maximum atomic E-state index is 11.8. The molecule has 0 aliphatic carbocycles. The predicted molar refractivity (Wildman–Crippen MR) is 124 cm³/mol. The molecule has 4 aromatic rings. The molecule has 5 rings (SSSR count). The standard InChI is InChI=1S/C25H21N3O3S/c1-15-20(27-24(31-15)18-5-3-2-4-6-18)10-8-16-7-9-19-11-17(14-26-21(19)12-16)13-22-23(29)28-25(30)32-22/h2-7,9,11-12,14,22H,8,10,13H2,1H3,(H,28,29,30). The van der Waals surface area contributed by atoms with E-state index < -0.39 is 0 Å². The zero-order valence-corrected chi connectivity index (χ0v) is 18.3. The quantitative estimate of drug-likeness (QED) is 0.457. The molecule has 0 radical (unpaired) electrons. The first-order valence-electron chi connectivity index (χ1n) is 10.5. The van der Waals surface area contributed by atoms with Crippen molar-refractivity contribution < 1.29 is 14.0 Å². The average Bonchev–Trinajstić information content (AvgIpc) is 3.33. The Balaban J connectivity index is 1.28. The molecule has 1 N–H and O–H groups in total. The van der Waals surface area contributed by atoms with Crippen LogP contribution in [0, 0.1) is 6.92 Å². The summed E-state index contributed by atoms with van der Waals surface area (Å²) in [5.41, 5.74) is 4.98. The Morgan fingerprint density at radius 3 is 2.66 bits per heavy atom. The number of oxazole rings is 1. The van der Waals surface area contributed by atoms with Gasteiger partial charge in [0.1, 0.15) is 5.76 Å². The molecule has 32 heavy (non-hydrogen) atoms. The molecular weight excluding hydrogens is 422 g/mol. The van der Waals surface area contributed by atoms with Crippen molar-refractivity contribution in [1.82, 2.24) is 15.3 Å². The summed E-state index contributed by atoms with van der Waals surface area (Å²) < 4.78 is 5.87. The fourth-order valence-electron chi connectivity index (χ4n) is 3.85. The van der Waals surface area contributed by atoms with Gasteiger partial charge in [-0.25, -0.2) is 4.98 Å². The average molecular weight is 444 g/mol. The largest absolute Gasteiger partial charge is 0.441 e. The number of hydrogen-bond acceptors (Lipinski definition) is 6. The molecule has 0 saturated carbocycles. The molecule has 2 aromatic heterocycles. The summed E-state index contributed by atoms with van der Waals surface area (Å²) in [5, 5.41) is 2.68. The zero-order valence-electron chi connectivity index (χ0n) is 17.5. The van der Waals surface area contributed by atoms with Gasteiger partial charge in [-0.2, -0.15) is 0 Å². The number of aromatic nitrogens is 2. The van der Waals surface area contributed by atoms with Crippen molar-refractivity contribution in [2.45, 2.75) is 31.4 Å². The van der Waals surface area contributed by atoms with Gasteiger partial charge in [-0.3, -0.25) is 19.9 Å². The maximum Gasteiger partial charge on any atom is 0.286 e. The number of imide groups is 1. The lowest BCUT2D eigenvalue weighted by Gasteiger charge is -2.07. The SMILES string of the molecule is Cc1oc(-c2ccccc2)nc1CCc1ccc2cc(CC3SC(=O)NC3=O)cnc2c1. The van der Waals surface area contributed by atoms with Crippen molar-refractivity contribution in [3.05, 3.63) is 83.4 Å². The number of carbonyl (C=O) groups is 2. The summed E-state index contributed by atoms with van der Waals surface area (Å²) in [5.74, 6) is 1.27. The highest BCUT2D eigenvalue weighted by molar-refractivity contribution is 8.15. The van der Waals surface area contributed by atoms with E-state index in [2.05, 4.69) is 33.5 Å². The van der Waals surface area contributed by atoms with Gasteiger partial charge in [-0.05, 0) is 61.6 Å². The normalized spacial score (nSPS) is 16.0. The van der Waals surface area contributed by atoms with Crippen molar-refractivity contribution >= 4 is 33.8 Å². The molecule has 2 aromatic carbocycles. The summed E-state index contributed by atoms with van der Waals surface area (Å²) >= 11 is 1.04. The van der Waals surface area contributed by atoms with Gasteiger partial charge >= 0.3 is 0 Å². The second-order valence-corrected chi connectivity index (χ2v) is 9.02. The molecule has 1 fully saturated rings. The van der Waals surface area contributed by atoms with E-state index in [0.29, 0.717) is 12.3 Å². The molecule has 1 aliphatic heterocycles. The van der Waals surface area contributed by atoms with Crippen LogP contribution in [0.1, 0.15) is 22.6 Å². The highest BCUT2D eigenvalue weighted by Crippen LogP contribution is 2.25. The lowest BCUT2D eigenvalue weighted by atomic mass is 10.0. The Bertz CT molecular complexity index is 1320. The van der Waals surface area contributed by atoms with E-state index in [1.165, 1.54) is 5.56 Å². The molecule has 2 amide bonds. The Hall–Kier alpha value is -3.45. The Labute approximate surface area is 189 Å². The Morgan fingerprint density at radius 2 is 1.88 bits per heavy atom. The molecule has 3 heterocycles. The van der Waals surface area contributed by atoms with Crippen LogP contribution in [0.4, 0.5) is 4.79 Å². The van der Waals surface area contributed by atoms with E-state index >= 15 is 0 Å². The molecule has 6 nitrogen and oxygen atoms in total. The fourth-order valence-corrected chi connectivity index (χ4v) is 4.71. The number of nitrogens with zero attached hydrogens (tertiary/aromatic N) is 2. The van der Waals surface area contributed by atoms with Crippen LogP contribution in [-0.4, -0.2) is 26.4 Å². The zero-order chi connectivity index (χ0) is 22.1. The number of carbonyl (C=O) groups excluding carboxylic acids is 2. The van der Waals surface area contributed by atoms with Crippen LogP contribution in [0.5, 0.6) is 0 Å². The van der Waals surface area contributed by atoms with Crippen LogP contribution in [0.15, 0.2) is 65.2 Å². The summed E-state index contributed by atoms with van der Waals surface area (Å²) in [7, 11) is 0. The smallest absolute Gasteiger partial charge is 0.286 e. The van der Waals surface area contributed by atoms with E-state index in [-0.39, 0.29) is 16.4 Å². The van der Waals surface area contributed by atoms with Crippen LogP contribution < -0.4 is 5.32 Å². The van der Waals surface area contributed by atoms with Crippen molar-refractivity contribution in [3.63, 3.8) is 0 Å². The summed E-state index contributed by atoms with van der Waals surface area (Å²) in [6.45, 7) is 1.95. The number of nitrogens with one attached hydrogen (secondary N) is 1. The van der Waals surface area contributed by atoms with Gasteiger partial charge in [0.05, 0.1) is 16.5 Å². The third kappa shape index (κ3) is 4.29. The third-order valence-corrected chi connectivity index (χ3v) is 6.54. The molecule has 1 aliphatic rings. The lowest BCUT2D eigenvalue weighted by Crippen LogP contribution is -2.25. The number of hydrogen-bond donors (Lipinski definition) is 1. The van der Waals surface area contributed by atoms with Crippen LogP contribution in [0.2, 0.25) is 0 Å². The molecule has 0 bridgehead atoms. The first-order valence-corrected chi connectivity index (χ1v) is 11.3. The topological polar surface area (TPSA) is 85.1 Å². The van der Waals surface area contributed by atoms with Crippen LogP contribution in [0.3, 0.4) is 0 Å². The van der Waals surface area contributed by atoms with Gasteiger partial charge in [0.2, 0.25) is 11.8 Å². The fraction of sp³-hybridized carbons (Fsp3) is 0.200. The first kappa shape index (κ1) is 20.5. The molecule has 1 saturated heterocycles. The molecule has 0 spiro atoms. The minimum Gasteiger partial charge on any atom is -0.441 e. The van der Waals surface area contributed by atoms with E-state index in [1.807, 2.05) is 43.3 Å². The van der Waals surface area contributed by atoms with E-state index in [1.54, 1.807) is 6.20 Å². The van der Waals surface area contributed by atoms with Crippen LogP contribution >= 0.6 is 11.8 Å². The second-order valence-electron chi connectivity index (χ2n) is 7.85. The van der Waals surface area contributed by atoms with Crippen molar-refractivity contribution in [2.75, 3.05) is 0 Å². The Morgan fingerprint density at radius 1 is 1.03 bits per heavy atom. The first-order chi connectivity index (χ1) is 15.5. The molecule has 160 valence electrons. The molecule has 1 atom stereocenters. The molecular formula is C25H21N3O3S. The van der Waals surface area contributed by atoms with E-state index in [4.69, 9.17) is 4.42 Å². The Kier molecular flexibility index (Phi) is 5.49. The third-order valence-electron chi connectivity index (χ3n) is 5.56. The lowest BCUT2D eigenvalue weighted by molar-refractivity contribution is -0.118. The van der Waals surface area contributed by atoms with E-state index in [9.17, 15) is 9.59 Å². The second kappa shape index (κ2) is 8.59. The van der Waals surface area contributed by atoms with Gasteiger partial charge in [0.15, 0.2) is 0 Å². The number of rotatable bonds is 6. The monoisotopic (exact) mass is 443 g/mol. The van der Waals surface area contributed by atoms with Gasteiger partial charge in [0, 0.05) is 17.1 Å². The van der Waals surface area contributed by atoms with Crippen molar-refractivity contribution in [1.29, 1.82) is 0 Å².